The van der Waals surface area contributed by atoms with Crippen LogP contribution in [0.25, 0.3) is 0 Å². The van der Waals surface area contributed by atoms with Gasteiger partial charge in [-0.05, 0) is 45.0 Å². The van der Waals surface area contributed by atoms with Crippen molar-refractivity contribution in [3.63, 3.8) is 0 Å². The Balaban J connectivity index is 1.51. The summed E-state index contributed by atoms with van der Waals surface area (Å²) in [4.78, 5) is 20.6. The summed E-state index contributed by atoms with van der Waals surface area (Å²) in [6.45, 7) is 4.78. The zero-order chi connectivity index (χ0) is 18.8. The Morgan fingerprint density at radius 3 is 2.85 bits per heavy atom. The number of nitrogens with zero attached hydrogens (tertiary/aromatic N) is 6. The molecule has 1 atom stereocenters. The first-order valence-electron chi connectivity index (χ1n) is 9.81. The number of hydrogen-bond acceptors (Lipinski definition) is 7. The molecule has 0 radical (unpaired) electrons. The van der Waals surface area contributed by atoms with E-state index in [1.165, 1.54) is 17.7 Å². The van der Waals surface area contributed by atoms with E-state index in [1.807, 2.05) is 12.3 Å². The van der Waals surface area contributed by atoms with Crippen LogP contribution in [0.5, 0.6) is 0 Å². The van der Waals surface area contributed by atoms with Crippen molar-refractivity contribution in [2.75, 3.05) is 50.9 Å². The van der Waals surface area contributed by atoms with Crippen molar-refractivity contribution in [1.29, 1.82) is 0 Å². The summed E-state index contributed by atoms with van der Waals surface area (Å²) in [7, 11) is 4.31. The first-order valence-corrected chi connectivity index (χ1v) is 9.81. The second-order valence-corrected chi connectivity index (χ2v) is 7.74. The quantitative estimate of drug-likeness (QED) is 0.882. The van der Waals surface area contributed by atoms with Crippen LogP contribution in [0.4, 0.5) is 11.8 Å². The molecule has 1 aliphatic heterocycles. The lowest BCUT2D eigenvalue weighted by Crippen LogP contribution is -2.45. The normalized spacial score (nSPS) is 20.7. The molecule has 7 heteroatoms. The molecule has 7 nitrogen and oxygen atoms in total. The summed E-state index contributed by atoms with van der Waals surface area (Å²) < 4.78 is 0. The van der Waals surface area contributed by atoms with Crippen molar-refractivity contribution >= 4 is 11.8 Å². The Hall–Kier alpha value is -2.25. The largest absolute Gasteiger partial charge is 0.368 e. The molecule has 27 heavy (non-hydrogen) atoms. The van der Waals surface area contributed by atoms with E-state index in [0.717, 1.165) is 57.1 Å². The number of nitrogens with two attached hydrogens (primary N) is 1. The molecule has 1 saturated heterocycles. The second kappa shape index (κ2) is 7.78. The standard InChI is InChI=1S/C20H29N7/c1-25-9-11-27(12-10-25)18-13-16(23-20(21)24-18)14-26(2)17-7-3-5-15-6-4-8-22-19(15)17/h4,6,8,13,17H,3,5,7,9-12,14H2,1-2H3,(H2,21,23,24). The Morgan fingerprint density at radius 1 is 1.22 bits per heavy atom. The molecule has 144 valence electrons. The van der Waals surface area contributed by atoms with E-state index in [2.05, 4.69) is 55.9 Å². The van der Waals surface area contributed by atoms with E-state index in [4.69, 9.17) is 5.73 Å². The minimum absolute atomic E-state index is 0.332. The van der Waals surface area contributed by atoms with Gasteiger partial charge >= 0.3 is 0 Å². The number of likely N-dealkylation sites (N-methyl/N-ethyl adjacent to an activating group) is 1. The van der Waals surface area contributed by atoms with Crippen LogP contribution in [0.3, 0.4) is 0 Å². The lowest BCUT2D eigenvalue weighted by Gasteiger charge is -2.34. The maximum Gasteiger partial charge on any atom is 0.222 e. The van der Waals surface area contributed by atoms with Crippen LogP contribution in [0.15, 0.2) is 24.4 Å². The van der Waals surface area contributed by atoms with Gasteiger partial charge in [-0.3, -0.25) is 9.88 Å². The van der Waals surface area contributed by atoms with Crippen LogP contribution in [0.2, 0.25) is 0 Å². The van der Waals surface area contributed by atoms with Gasteiger partial charge in [0.2, 0.25) is 5.95 Å². The van der Waals surface area contributed by atoms with Crippen LogP contribution in [0, 0.1) is 0 Å². The molecule has 0 bridgehead atoms. The molecule has 4 rings (SSSR count). The van der Waals surface area contributed by atoms with Crippen molar-refractivity contribution in [2.45, 2.75) is 31.8 Å². The number of anilines is 2. The predicted molar refractivity (Wildman–Crippen MR) is 108 cm³/mol. The maximum atomic E-state index is 6.03. The van der Waals surface area contributed by atoms with Crippen molar-refractivity contribution in [2.24, 2.45) is 0 Å². The van der Waals surface area contributed by atoms with Gasteiger partial charge in [-0.2, -0.15) is 4.98 Å². The van der Waals surface area contributed by atoms with E-state index in [1.54, 1.807) is 0 Å². The molecular weight excluding hydrogens is 338 g/mol. The van der Waals surface area contributed by atoms with Crippen molar-refractivity contribution in [3.05, 3.63) is 41.3 Å². The van der Waals surface area contributed by atoms with Crippen molar-refractivity contribution in [1.82, 2.24) is 24.8 Å². The molecule has 0 spiro atoms. The molecule has 0 amide bonds. The van der Waals surface area contributed by atoms with Crippen LogP contribution in [-0.2, 0) is 13.0 Å². The highest BCUT2D eigenvalue weighted by molar-refractivity contribution is 5.44. The van der Waals surface area contributed by atoms with Crippen LogP contribution in [0.1, 0.15) is 35.8 Å². The van der Waals surface area contributed by atoms with Gasteiger partial charge in [0.15, 0.2) is 0 Å². The zero-order valence-electron chi connectivity index (χ0n) is 16.3. The van der Waals surface area contributed by atoms with E-state index < -0.39 is 0 Å². The van der Waals surface area contributed by atoms with Crippen LogP contribution < -0.4 is 10.6 Å². The van der Waals surface area contributed by atoms with Gasteiger partial charge in [-0.15, -0.1) is 0 Å². The van der Waals surface area contributed by atoms with E-state index in [9.17, 15) is 0 Å². The molecule has 2 aromatic heterocycles. The van der Waals surface area contributed by atoms with E-state index >= 15 is 0 Å². The fraction of sp³-hybridized carbons (Fsp3) is 0.550. The summed E-state index contributed by atoms with van der Waals surface area (Å²) >= 11 is 0. The molecule has 1 fully saturated rings. The molecule has 0 saturated carbocycles. The highest BCUT2D eigenvalue weighted by atomic mass is 15.3. The number of hydrogen-bond donors (Lipinski definition) is 1. The number of fused-ring (bicyclic) bond motifs is 1. The third-order valence-electron chi connectivity index (χ3n) is 5.72. The fourth-order valence-corrected chi connectivity index (χ4v) is 4.16. The summed E-state index contributed by atoms with van der Waals surface area (Å²) in [5.74, 6) is 1.30. The highest BCUT2D eigenvalue weighted by Crippen LogP contribution is 2.32. The first-order chi connectivity index (χ1) is 13.1. The molecule has 0 aromatic carbocycles. The van der Waals surface area contributed by atoms with E-state index in [-0.39, 0.29) is 0 Å². The summed E-state index contributed by atoms with van der Waals surface area (Å²) in [5.41, 5.74) is 9.60. The number of aryl methyl sites for hydroxylation is 1. The number of aromatic nitrogens is 3. The average Bonchev–Trinajstić information content (AvgIpc) is 2.67. The predicted octanol–water partition coefficient (Wildman–Crippen LogP) is 1.72. The molecular formula is C20H29N7. The van der Waals surface area contributed by atoms with Gasteiger partial charge in [-0.25, -0.2) is 4.98 Å². The molecule has 1 unspecified atom stereocenters. The molecule has 2 N–H and O–H groups in total. The molecule has 1 aliphatic carbocycles. The maximum absolute atomic E-state index is 6.03. The monoisotopic (exact) mass is 367 g/mol. The lowest BCUT2D eigenvalue weighted by molar-refractivity contribution is 0.206. The SMILES string of the molecule is CN1CCN(c2cc(CN(C)C3CCCc4cccnc43)nc(N)n2)CC1. The number of rotatable bonds is 4. The Bertz CT molecular complexity index is 786. The van der Waals surface area contributed by atoms with E-state index in [0.29, 0.717) is 12.0 Å². The zero-order valence-corrected chi connectivity index (χ0v) is 16.3. The lowest BCUT2D eigenvalue weighted by atomic mass is 9.91. The molecule has 3 heterocycles. The van der Waals surface area contributed by atoms with Gasteiger partial charge in [0, 0.05) is 45.0 Å². The topological polar surface area (TPSA) is 74.4 Å². The minimum Gasteiger partial charge on any atom is -0.368 e. The highest BCUT2D eigenvalue weighted by Gasteiger charge is 2.25. The summed E-state index contributed by atoms with van der Waals surface area (Å²) in [5, 5.41) is 0. The summed E-state index contributed by atoms with van der Waals surface area (Å²) in [6.07, 6.45) is 5.36. The van der Waals surface area contributed by atoms with Gasteiger partial charge in [0.25, 0.3) is 0 Å². The molecule has 2 aromatic rings. The van der Waals surface area contributed by atoms with Crippen LogP contribution >= 0.6 is 0 Å². The Morgan fingerprint density at radius 2 is 2.04 bits per heavy atom. The van der Waals surface area contributed by atoms with Gasteiger partial charge < -0.3 is 15.5 Å². The number of nitrogen functional groups attached to an aromatic ring is 1. The minimum atomic E-state index is 0.332. The van der Waals surface area contributed by atoms with Crippen molar-refractivity contribution in [3.8, 4) is 0 Å². The number of pyridine rings is 1. The van der Waals surface area contributed by atoms with Gasteiger partial charge in [-0.1, -0.05) is 6.07 Å². The molecule has 2 aliphatic rings. The van der Waals surface area contributed by atoms with Crippen LogP contribution in [-0.4, -0.2) is 65.0 Å². The fourth-order valence-electron chi connectivity index (χ4n) is 4.16. The van der Waals surface area contributed by atoms with Crippen molar-refractivity contribution < 1.29 is 0 Å². The third-order valence-corrected chi connectivity index (χ3v) is 5.72. The van der Waals surface area contributed by atoms with Gasteiger partial charge in [0.1, 0.15) is 5.82 Å². The number of piperazine rings is 1. The third kappa shape index (κ3) is 4.04. The Labute approximate surface area is 161 Å². The Kier molecular flexibility index (Phi) is 5.22. The second-order valence-electron chi connectivity index (χ2n) is 7.74. The van der Waals surface area contributed by atoms with Gasteiger partial charge in [0.05, 0.1) is 17.4 Å². The first kappa shape index (κ1) is 18.1. The average molecular weight is 368 g/mol. The smallest absolute Gasteiger partial charge is 0.222 e. The summed E-state index contributed by atoms with van der Waals surface area (Å²) in [6, 6.07) is 6.67.